The van der Waals surface area contributed by atoms with E-state index in [1.165, 1.54) is 5.56 Å². The summed E-state index contributed by atoms with van der Waals surface area (Å²) in [6.07, 6.45) is 1.26. The topological polar surface area (TPSA) is 65.6 Å². The first kappa shape index (κ1) is 21.7. The van der Waals surface area contributed by atoms with Crippen molar-refractivity contribution in [1.29, 1.82) is 0 Å². The van der Waals surface area contributed by atoms with Crippen LogP contribution in [0.4, 0.5) is 0 Å². The van der Waals surface area contributed by atoms with Gasteiger partial charge in [-0.3, -0.25) is 9.59 Å². The van der Waals surface area contributed by atoms with E-state index in [4.69, 9.17) is 4.74 Å². The molecule has 2 aliphatic rings. The number of hydrogen-bond donors (Lipinski definition) is 1. The van der Waals surface area contributed by atoms with Gasteiger partial charge in [0.1, 0.15) is 6.04 Å². The molecule has 33 heavy (non-hydrogen) atoms. The molecule has 0 spiro atoms. The fourth-order valence-corrected chi connectivity index (χ4v) is 5.32. The summed E-state index contributed by atoms with van der Waals surface area (Å²) in [5.74, 6) is 0.463. The maximum Gasteiger partial charge on any atom is 0.246 e. The number of methoxy groups -OCH3 is 1. The number of aromatic nitrogens is 1. The number of para-hydroxylation sites is 1. The smallest absolute Gasteiger partial charge is 0.246 e. The van der Waals surface area contributed by atoms with Crippen LogP contribution < -0.4 is 0 Å². The van der Waals surface area contributed by atoms with Gasteiger partial charge in [-0.05, 0) is 35.1 Å². The van der Waals surface area contributed by atoms with Gasteiger partial charge in [0.2, 0.25) is 11.8 Å². The van der Waals surface area contributed by atoms with E-state index in [-0.39, 0.29) is 24.4 Å². The monoisotopic (exact) mass is 445 g/mol. The molecule has 0 bridgehead atoms. The molecule has 2 aliphatic heterocycles. The number of carbonyl (C=O) groups is 2. The SMILES string of the molecule is COCCCN1CC(=O)N2C(c3ccc(C(C)C)cc3)c3[nH]c4ccccc4c3C[C@@H]2C1=O. The van der Waals surface area contributed by atoms with Crippen molar-refractivity contribution >= 4 is 22.7 Å². The first-order chi connectivity index (χ1) is 16.0. The standard InChI is InChI=1S/C27H31N3O3/c1-17(2)18-9-11-19(12-10-18)26-25-21(20-7-4-5-8-22(20)28-25)15-23-27(32)29(13-6-14-33-3)16-24(31)30(23)26/h4-5,7-12,17,23,26,28H,6,13-16H2,1-3H3/t23-,26?/m1/s1. The van der Waals surface area contributed by atoms with Gasteiger partial charge in [0.15, 0.2) is 0 Å². The van der Waals surface area contributed by atoms with Crippen LogP contribution in [0.1, 0.15) is 54.6 Å². The number of ether oxygens (including phenoxy) is 1. The Balaban J connectivity index is 1.60. The van der Waals surface area contributed by atoms with Crippen molar-refractivity contribution in [1.82, 2.24) is 14.8 Å². The van der Waals surface area contributed by atoms with E-state index in [0.717, 1.165) is 34.1 Å². The Hall–Kier alpha value is -3.12. The second-order valence-corrected chi connectivity index (χ2v) is 9.41. The zero-order chi connectivity index (χ0) is 23.1. The number of nitrogens with one attached hydrogen (secondary N) is 1. The summed E-state index contributed by atoms with van der Waals surface area (Å²) in [5.41, 5.74) is 5.51. The van der Waals surface area contributed by atoms with Crippen LogP contribution in [0.25, 0.3) is 10.9 Å². The van der Waals surface area contributed by atoms with E-state index in [0.29, 0.717) is 25.5 Å². The average Bonchev–Trinajstić information content (AvgIpc) is 3.19. The Labute approximate surface area is 194 Å². The highest BCUT2D eigenvalue weighted by atomic mass is 16.5. The van der Waals surface area contributed by atoms with Crippen LogP contribution in [0.5, 0.6) is 0 Å². The number of aromatic amines is 1. The molecule has 3 aromatic rings. The van der Waals surface area contributed by atoms with Crippen molar-refractivity contribution in [3.63, 3.8) is 0 Å². The van der Waals surface area contributed by atoms with E-state index < -0.39 is 6.04 Å². The fourth-order valence-electron chi connectivity index (χ4n) is 5.32. The third-order valence-electron chi connectivity index (χ3n) is 7.04. The molecule has 172 valence electrons. The van der Waals surface area contributed by atoms with Gasteiger partial charge in [0.05, 0.1) is 12.6 Å². The normalized spacial score (nSPS) is 20.5. The third-order valence-corrected chi connectivity index (χ3v) is 7.04. The quantitative estimate of drug-likeness (QED) is 0.583. The molecule has 0 radical (unpaired) electrons. The molecule has 3 heterocycles. The summed E-state index contributed by atoms with van der Waals surface area (Å²) >= 11 is 0. The molecule has 2 amide bonds. The van der Waals surface area contributed by atoms with E-state index in [2.05, 4.69) is 55.2 Å². The van der Waals surface area contributed by atoms with Crippen LogP contribution in [0.15, 0.2) is 48.5 Å². The van der Waals surface area contributed by atoms with Crippen molar-refractivity contribution in [2.24, 2.45) is 0 Å². The second-order valence-electron chi connectivity index (χ2n) is 9.41. The molecule has 2 atom stereocenters. The Bertz CT molecular complexity index is 1180. The average molecular weight is 446 g/mol. The van der Waals surface area contributed by atoms with Gasteiger partial charge in [0, 0.05) is 43.3 Å². The molecule has 0 aliphatic carbocycles. The summed E-state index contributed by atoms with van der Waals surface area (Å²) in [7, 11) is 1.65. The van der Waals surface area contributed by atoms with Crippen LogP contribution >= 0.6 is 0 Å². The molecule has 1 N–H and O–H groups in total. The molecule has 1 fully saturated rings. The van der Waals surface area contributed by atoms with E-state index in [1.807, 2.05) is 17.0 Å². The van der Waals surface area contributed by atoms with Crippen LogP contribution in [0, 0.1) is 0 Å². The number of H-pyrrole nitrogens is 1. The Morgan fingerprint density at radius 1 is 1.09 bits per heavy atom. The summed E-state index contributed by atoms with van der Waals surface area (Å²) in [5, 5.41) is 1.13. The minimum atomic E-state index is -0.490. The molecule has 1 saturated heterocycles. The lowest BCUT2D eigenvalue weighted by molar-refractivity contribution is -0.158. The lowest BCUT2D eigenvalue weighted by Crippen LogP contribution is -2.63. The first-order valence-corrected chi connectivity index (χ1v) is 11.8. The molecular weight excluding hydrogens is 414 g/mol. The van der Waals surface area contributed by atoms with Crippen molar-refractivity contribution < 1.29 is 14.3 Å². The van der Waals surface area contributed by atoms with E-state index >= 15 is 0 Å². The van der Waals surface area contributed by atoms with Crippen molar-refractivity contribution in [2.45, 2.75) is 44.7 Å². The van der Waals surface area contributed by atoms with Gasteiger partial charge in [-0.15, -0.1) is 0 Å². The van der Waals surface area contributed by atoms with Crippen molar-refractivity contribution in [3.8, 4) is 0 Å². The lowest BCUT2D eigenvalue weighted by Gasteiger charge is -2.47. The number of piperazine rings is 1. The maximum absolute atomic E-state index is 13.6. The number of fused-ring (bicyclic) bond motifs is 4. The fraction of sp³-hybridized carbons (Fsp3) is 0.407. The number of nitrogens with zero attached hydrogens (tertiary/aromatic N) is 2. The molecule has 6 nitrogen and oxygen atoms in total. The highest BCUT2D eigenvalue weighted by Crippen LogP contribution is 2.42. The molecule has 1 aromatic heterocycles. The molecular formula is C27H31N3O3. The summed E-state index contributed by atoms with van der Waals surface area (Å²) < 4.78 is 5.15. The molecule has 6 heteroatoms. The minimum Gasteiger partial charge on any atom is -0.385 e. The van der Waals surface area contributed by atoms with Crippen LogP contribution in [-0.4, -0.2) is 59.4 Å². The Morgan fingerprint density at radius 2 is 1.85 bits per heavy atom. The second kappa shape index (κ2) is 8.67. The molecule has 5 rings (SSSR count). The van der Waals surface area contributed by atoms with Crippen LogP contribution in [-0.2, 0) is 20.7 Å². The maximum atomic E-state index is 13.6. The van der Waals surface area contributed by atoms with Gasteiger partial charge in [0.25, 0.3) is 0 Å². The number of amides is 2. The lowest BCUT2D eigenvalue weighted by atomic mass is 9.85. The Morgan fingerprint density at radius 3 is 2.58 bits per heavy atom. The largest absolute Gasteiger partial charge is 0.385 e. The molecule has 0 saturated carbocycles. The number of rotatable bonds is 6. The van der Waals surface area contributed by atoms with Crippen molar-refractivity contribution in [2.75, 3.05) is 26.8 Å². The van der Waals surface area contributed by atoms with E-state index in [9.17, 15) is 9.59 Å². The molecule has 2 aromatic carbocycles. The number of hydrogen-bond acceptors (Lipinski definition) is 3. The van der Waals surface area contributed by atoms with Gasteiger partial charge in [-0.25, -0.2) is 0 Å². The van der Waals surface area contributed by atoms with Crippen LogP contribution in [0.2, 0.25) is 0 Å². The van der Waals surface area contributed by atoms with Gasteiger partial charge in [-0.1, -0.05) is 56.3 Å². The van der Waals surface area contributed by atoms with Gasteiger partial charge < -0.3 is 19.5 Å². The first-order valence-electron chi connectivity index (χ1n) is 11.8. The predicted molar refractivity (Wildman–Crippen MR) is 128 cm³/mol. The summed E-state index contributed by atoms with van der Waals surface area (Å²) in [6, 6.07) is 15.9. The Kier molecular flexibility index (Phi) is 5.71. The molecule has 1 unspecified atom stereocenters. The summed E-state index contributed by atoms with van der Waals surface area (Å²) in [6.45, 7) is 5.58. The third kappa shape index (κ3) is 3.72. The zero-order valence-electron chi connectivity index (χ0n) is 19.5. The van der Waals surface area contributed by atoms with E-state index in [1.54, 1.807) is 12.0 Å². The van der Waals surface area contributed by atoms with Crippen LogP contribution in [0.3, 0.4) is 0 Å². The zero-order valence-corrected chi connectivity index (χ0v) is 19.5. The van der Waals surface area contributed by atoms with Crippen molar-refractivity contribution in [3.05, 3.63) is 70.9 Å². The summed E-state index contributed by atoms with van der Waals surface area (Å²) in [4.78, 5) is 34.2. The van der Waals surface area contributed by atoms with Gasteiger partial charge >= 0.3 is 0 Å². The van der Waals surface area contributed by atoms with Gasteiger partial charge in [-0.2, -0.15) is 0 Å². The highest BCUT2D eigenvalue weighted by Gasteiger charge is 2.48. The minimum absolute atomic E-state index is 0.000686. The predicted octanol–water partition coefficient (Wildman–Crippen LogP) is 4.01. The number of benzene rings is 2. The highest BCUT2D eigenvalue weighted by molar-refractivity contribution is 5.97. The number of carbonyl (C=O) groups excluding carboxylic acids is 2.